The fraction of sp³-hybridized carbons (Fsp3) is 0.417. The maximum Gasteiger partial charge on any atom is 0.311 e. The summed E-state index contributed by atoms with van der Waals surface area (Å²) >= 11 is 0. The minimum atomic E-state index is -0.540. The highest BCUT2D eigenvalue weighted by Gasteiger charge is 2.17. The summed E-state index contributed by atoms with van der Waals surface area (Å²) < 4.78 is 5.34. The number of hydrogen-bond acceptors (Lipinski definition) is 4. The Morgan fingerprint density at radius 1 is 1.47 bits per heavy atom. The monoisotopic (exact) mass is 237 g/mol. The van der Waals surface area contributed by atoms with Gasteiger partial charge >= 0.3 is 5.69 Å². The van der Waals surface area contributed by atoms with Crippen molar-refractivity contribution in [2.24, 2.45) is 5.92 Å². The second-order valence-corrected chi connectivity index (χ2v) is 4.20. The summed E-state index contributed by atoms with van der Waals surface area (Å²) in [6, 6.07) is 4.25. The van der Waals surface area contributed by atoms with E-state index in [9.17, 15) is 14.9 Å². The van der Waals surface area contributed by atoms with Gasteiger partial charge in [-0.05, 0) is 25.0 Å². The lowest BCUT2D eigenvalue weighted by Crippen LogP contribution is -2.06. The first-order chi connectivity index (χ1) is 7.91. The number of ether oxygens (including phenoxy) is 1. The van der Waals surface area contributed by atoms with Crippen molar-refractivity contribution < 1.29 is 14.5 Å². The van der Waals surface area contributed by atoms with Gasteiger partial charge in [0.2, 0.25) is 0 Å². The van der Waals surface area contributed by atoms with Crippen molar-refractivity contribution in [1.29, 1.82) is 0 Å². The van der Waals surface area contributed by atoms with Crippen LogP contribution in [0, 0.1) is 16.0 Å². The zero-order valence-electron chi connectivity index (χ0n) is 10.1. The Hall–Kier alpha value is -1.91. The average Bonchev–Trinajstić information content (AvgIpc) is 2.25. The number of hydrogen-bond donors (Lipinski definition) is 0. The summed E-state index contributed by atoms with van der Waals surface area (Å²) in [4.78, 5) is 21.5. The third-order valence-electron chi connectivity index (χ3n) is 2.13. The van der Waals surface area contributed by atoms with Gasteiger partial charge in [-0.15, -0.1) is 0 Å². The number of benzene rings is 1. The predicted molar refractivity (Wildman–Crippen MR) is 63.4 cm³/mol. The number of carbonyl (C=O) groups excluding carboxylic acids is 1. The lowest BCUT2D eigenvalue weighted by molar-refractivity contribution is -0.385. The standard InChI is InChI=1S/C12H15NO4/c1-8(2)7-17-12-5-4-10(9(3)14)6-11(12)13(15)16/h4-6,8H,7H2,1-3H3. The molecular weight excluding hydrogens is 222 g/mol. The van der Waals surface area contributed by atoms with E-state index in [-0.39, 0.29) is 23.1 Å². The van der Waals surface area contributed by atoms with Crippen molar-refractivity contribution in [1.82, 2.24) is 0 Å². The van der Waals surface area contributed by atoms with Crippen LogP contribution in [0.1, 0.15) is 31.1 Å². The molecule has 0 saturated heterocycles. The Morgan fingerprint density at radius 3 is 2.59 bits per heavy atom. The van der Waals surface area contributed by atoms with E-state index in [2.05, 4.69) is 0 Å². The van der Waals surface area contributed by atoms with Crippen molar-refractivity contribution in [2.75, 3.05) is 6.61 Å². The third-order valence-corrected chi connectivity index (χ3v) is 2.13. The Bertz CT molecular complexity index is 440. The topological polar surface area (TPSA) is 69.4 Å². The molecule has 0 N–H and O–H groups in total. The highest BCUT2D eigenvalue weighted by atomic mass is 16.6. The van der Waals surface area contributed by atoms with Crippen LogP contribution < -0.4 is 4.74 Å². The zero-order chi connectivity index (χ0) is 13.0. The summed E-state index contributed by atoms with van der Waals surface area (Å²) in [5.74, 6) is 0.277. The highest BCUT2D eigenvalue weighted by molar-refractivity contribution is 5.95. The molecule has 0 bridgehead atoms. The second kappa shape index (κ2) is 5.43. The molecule has 0 atom stereocenters. The van der Waals surface area contributed by atoms with Gasteiger partial charge in [0, 0.05) is 11.6 Å². The number of carbonyl (C=O) groups is 1. The van der Waals surface area contributed by atoms with E-state index in [0.717, 1.165) is 0 Å². The minimum Gasteiger partial charge on any atom is -0.487 e. The molecule has 0 heterocycles. The van der Waals surface area contributed by atoms with E-state index in [4.69, 9.17) is 4.74 Å². The summed E-state index contributed by atoms with van der Waals surface area (Å²) in [5, 5.41) is 10.9. The van der Waals surface area contributed by atoms with Crippen LogP contribution in [0.25, 0.3) is 0 Å². The van der Waals surface area contributed by atoms with Crippen molar-refractivity contribution in [3.8, 4) is 5.75 Å². The largest absolute Gasteiger partial charge is 0.487 e. The first kappa shape index (κ1) is 13.2. The summed E-state index contributed by atoms with van der Waals surface area (Å²) in [6.07, 6.45) is 0. The van der Waals surface area contributed by atoms with Crippen molar-refractivity contribution >= 4 is 11.5 Å². The number of nitro benzene ring substituents is 1. The molecule has 1 aromatic carbocycles. The molecule has 0 aromatic heterocycles. The van der Waals surface area contributed by atoms with Crippen molar-refractivity contribution in [2.45, 2.75) is 20.8 Å². The zero-order valence-corrected chi connectivity index (χ0v) is 10.1. The molecule has 0 unspecified atom stereocenters. The van der Waals surface area contributed by atoms with Crippen LogP contribution in [0.15, 0.2) is 18.2 Å². The normalized spacial score (nSPS) is 10.4. The quantitative estimate of drug-likeness (QED) is 0.448. The molecule has 92 valence electrons. The van der Waals surface area contributed by atoms with Crippen LogP contribution in [0.5, 0.6) is 5.75 Å². The number of rotatable bonds is 5. The van der Waals surface area contributed by atoms with Gasteiger partial charge in [-0.1, -0.05) is 13.8 Å². The number of ketones is 1. The molecule has 0 aliphatic rings. The van der Waals surface area contributed by atoms with Gasteiger partial charge in [0.1, 0.15) is 0 Å². The molecule has 1 aromatic rings. The maximum atomic E-state index is 11.1. The third kappa shape index (κ3) is 3.55. The summed E-state index contributed by atoms with van der Waals surface area (Å²) in [5.41, 5.74) is 0.145. The van der Waals surface area contributed by atoms with Crippen LogP contribution in [0.2, 0.25) is 0 Å². The number of nitro groups is 1. The molecule has 0 aliphatic heterocycles. The lowest BCUT2D eigenvalue weighted by atomic mass is 10.1. The van der Waals surface area contributed by atoms with Gasteiger partial charge in [0.25, 0.3) is 0 Å². The molecule has 17 heavy (non-hydrogen) atoms. The molecule has 0 saturated carbocycles. The predicted octanol–water partition coefficient (Wildman–Crippen LogP) is 2.83. The Balaban J connectivity index is 3.04. The van der Waals surface area contributed by atoms with E-state index < -0.39 is 4.92 Å². The average molecular weight is 237 g/mol. The van der Waals surface area contributed by atoms with Gasteiger partial charge in [-0.2, -0.15) is 0 Å². The van der Waals surface area contributed by atoms with Crippen molar-refractivity contribution in [3.05, 3.63) is 33.9 Å². The molecular formula is C12H15NO4. The minimum absolute atomic E-state index is 0.168. The van der Waals surface area contributed by atoms with E-state index in [1.165, 1.54) is 25.1 Å². The van der Waals surface area contributed by atoms with Crippen molar-refractivity contribution in [3.63, 3.8) is 0 Å². The Labute approximate surface area is 99.5 Å². The van der Waals surface area contributed by atoms with Gasteiger partial charge in [-0.3, -0.25) is 14.9 Å². The SMILES string of the molecule is CC(=O)c1ccc(OCC(C)C)c([N+](=O)[O-])c1. The van der Waals surface area contributed by atoms with E-state index in [0.29, 0.717) is 12.2 Å². The fourth-order valence-corrected chi connectivity index (χ4v) is 1.26. The second-order valence-electron chi connectivity index (χ2n) is 4.20. The van der Waals surface area contributed by atoms with E-state index in [1.807, 2.05) is 13.8 Å². The van der Waals surface area contributed by atoms with Gasteiger partial charge in [0.05, 0.1) is 11.5 Å². The first-order valence-electron chi connectivity index (χ1n) is 5.34. The van der Waals surface area contributed by atoms with Crippen LogP contribution in [0.4, 0.5) is 5.69 Å². The smallest absolute Gasteiger partial charge is 0.311 e. The van der Waals surface area contributed by atoms with Crippen LogP contribution in [-0.2, 0) is 0 Å². The van der Waals surface area contributed by atoms with Crippen LogP contribution in [0.3, 0.4) is 0 Å². The summed E-state index contributed by atoms with van der Waals surface area (Å²) in [7, 11) is 0. The molecule has 5 nitrogen and oxygen atoms in total. The fourth-order valence-electron chi connectivity index (χ4n) is 1.26. The number of nitrogens with zero attached hydrogens (tertiary/aromatic N) is 1. The van der Waals surface area contributed by atoms with Gasteiger partial charge < -0.3 is 4.74 Å². The van der Waals surface area contributed by atoms with Gasteiger partial charge in [-0.25, -0.2) is 0 Å². The molecule has 0 amide bonds. The van der Waals surface area contributed by atoms with E-state index >= 15 is 0 Å². The Kier molecular flexibility index (Phi) is 4.20. The molecule has 0 radical (unpaired) electrons. The first-order valence-corrected chi connectivity index (χ1v) is 5.34. The summed E-state index contributed by atoms with van der Waals surface area (Å²) in [6.45, 7) is 5.68. The lowest BCUT2D eigenvalue weighted by Gasteiger charge is -2.09. The highest BCUT2D eigenvalue weighted by Crippen LogP contribution is 2.28. The molecule has 0 fully saturated rings. The molecule has 0 spiro atoms. The number of Topliss-reactive ketones (excluding diaryl/α,β-unsaturated/α-hetero) is 1. The molecule has 5 heteroatoms. The van der Waals surface area contributed by atoms with Gasteiger partial charge in [0.15, 0.2) is 11.5 Å². The molecule has 1 rings (SSSR count). The van der Waals surface area contributed by atoms with E-state index in [1.54, 1.807) is 0 Å². The van der Waals surface area contributed by atoms with Crippen LogP contribution >= 0.6 is 0 Å². The van der Waals surface area contributed by atoms with Crippen LogP contribution in [-0.4, -0.2) is 17.3 Å². The molecule has 0 aliphatic carbocycles. The maximum absolute atomic E-state index is 11.1. The Morgan fingerprint density at radius 2 is 2.12 bits per heavy atom.